The van der Waals surface area contributed by atoms with Gasteiger partial charge in [0, 0.05) is 10.5 Å². The van der Waals surface area contributed by atoms with Gasteiger partial charge in [-0.1, -0.05) is 35.9 Å². The van der Waals surface area contributed by atoms with E-state index >= 15 is 0 Å². The van der Waals surface area contributed by atoms with Gasteiger partial charge in [0.05, 0.1) is 5.02 Å². The average Bonchev–Trinajstić information content (AvgIpc) is 2.43. The lowest BCUT2D eigenvalue weighted by atomic mass is 9.97. The first kappa shape index (κ1) is 15.6. The van der Waals surface area contributed by atoms with Crippen LogP contribution >= 0.6 is 27.5 Å². The first-order chi connectivity index (χ1) is 9.51. The number of nitrogens with one attached hydrogen (secondary N) is 1. The largest absolute Gasteiger partial charge is 0.313 e. The van der Waals surface area contributed by atoms with E-state index in [1.807, 2.05) is 13.1 Å². The fourth-order valence-electron chi connectivity index (χ4n) is 2.28. The molecule has 0 fully saturated rings. The summed E-state index contributed by atoms with van der Waals surface area (Å²) >= 11 is 9.55. The Kier molecular flexibility index (Phi) is 5.25. The summed E-state index contributed by atoms with van der Waals surface area (Å²) < 4.78 is 0.942. The van der Waals surface area contributed by atoms with Crippen LogP contribution in [0, 0.1) is 13.8 Å². The molecule has 1 N–H and O–H groups in total. The second-order valence-corrected chi connectivity index (χ2v) is 6.40. The van der Waals surface area contributed by atoms with Crippen LogP contribution in [0.3, 0.4) is 0 Å². The van der Waals surface area contributed by atoms with Gasteiger partial charge in [-0.2, -0.15) is 0 Å². The summed E-state index contributed by atoms with van der Waals surface area (Å²) in [5.41, 5.74) is 5.26. The fraction of sp³-hybridized carbons (Fsp3) is 0.294. The monoisotopic (exact) mass is 351 g/mol. The maximum Gasteiger partial charge on any atom is 0.0548 e. The molecular weight excluding hydrogens is 334 g/mol. The first-order valence-corrected chi connectivity index (χ1v) is 7.86. The van der Waals surface area contributed by atoms with Crippen molar-refractivity contribution in [2.75, 3.05) is 7.05 Å². The lowest BCUT2D eigenvalue weighted by molar-refractivity contribution is 0.591. The van der Waals surface area contributed by atoms with E-state index in [2.05, 4.69) is 65.4 Å². The minimum Gasteiger partial charge on any atom is -0.313 e. The Bertz CT molecular complexity index is 610. The molecule has 0 spiro atoms. The van der Waals surface area contributed by atoms with Crippen LogP contribution in [0.15, 0.2) is 40.9 Å². The molecule has 0 radical (unpaired) electrons. The zero-order valence-corrected chi connectivity index (χ0v) is 14.3. The van der Waals surface area contributed by atoms with Crippen LogP contribution in [0.25, 0.3) is 0 Å². The Balaban J connectivity index is 2.23. The maximum atomic E-state index is 6.06. The molecule has 106 valence electrons. The van der Waals surface area contributed by atoms with Crippen molar-refractivity contribution in [1.82, 2.24) is 5.32 Å². The summed E-state index contributed by atoms with van der Waals surface area (Å²) in [6.07, 6.45) is 0.964. The number of aryl methyl sites for hydroxylation is 2. The molecule has 20 heavy (non-hydrogen) atoms. The van der Waals surface area contributed by atoms with E-state index in [0.29, 0.717) is 0 Å². The second-order valence-electron chi connectivity index (χ2n) is 5.14. The van der Waals surface area contributed by atoms with Gasteiger partial charge in [0.15, 0.2) is 0 Å². The molecule has 2 aromatic carbocycles. The summed E-state index contributed by atoms with van der Waals surface area (Å²) in [4.78, 5) is 0. The van der Waals surface area contributed by atoms with Gasteiger partial charge in [0.25, 0.3) is 0 Å². The van der Waals surface area contributed by atoms with Gasteiger partial charge in [-0.05, 0) is 77.6 Å². The van der Waals surface area contributed by atoms with E-state index in [1.165, 1.54) is 22.3 Å². The van der Waals surface area contributed by atoms with Crippen LogP contribution < -0.4 is 5.32 Å². The zero-order valence-electron chi connectivity index (χ0n) is 12.0. The standard InChI is InChI=1S/C17H19BrClN/c1-11-4-5-13(8-12(11)2)9-17(20-3)14-6-7-16(19)15(18)10-14/h4-8,10,17,20H,9H2,1-3H3. The molecule has 0 aliphatic heterocycles. The molecule has 0 saturated carbocycles. The topological polar surface area (TPSA) is 12.0 Å². The van der Waals surface area contributed by atoms with Crippen LogP contribution in [0.1, 0.15) is 28.3 Å². The van der Waals surface area contributed by atoms with E-state index in [1.54, 1.807) is 0 Å². The molecule has 0 aliphatic rings. The number of benzene rings is 2. The quantitative estimate of drug-likeness (QED) is 0.795. The molecule has 0 aromatic heterocycles. The highest BCUT2D eigenvalue weighted by Crippen LogP contribution is 2.27. The van der Waals surface area contributed by atoms with Crippen LogP contribution in [0.2, 0.25) is 5.02 Å². The lowest BCUT2D eigenvalue weighted by Gasteiger charge is -2.18. The van der Waals surface area contributed by atoms with Crippen LogP contribution in [-0.4, -0.2) is 7.05 Å². The lowest BCUT2D eigenvalue weighted by Crippen LogP contribution is -2.19. The number of hydrogen-bond donors (Lipinski definition) is 1. The van der Waals surface area contributed by atoms with Crippen LogP contribution in [0.5, 0.6) is 0 Å². The van der Waals surface area contributed by atoms with Crippen LogP contribution in [0.4, 0.5) is 0 Å². The molecule has 3 heteroatoms. The van der Waals surface area contributed by atoms with Crippen molar-refractivity contribution >= 4 is 27.5 Å². The van der Waals surface area contributed by atoms with E-state index in [-0.39, 0.29) is 6.04 Å². The van der Waals surface area contributed by atoms with E-state index in [0.717, 1.165) is 15.9 Å². The van der Waals surface area contributed by atoms with E-state index < -0.39 is 0 Å². The minimum atomic E-state index is 0.283. The highest BCUT2D eigenvalue weighted by molar-refractivity contribution is 9.10. The molecule has 1 unspecified atom stereocenters. The summed E-state index contributed by atoms with van der Waals surface area (Å²) in [6.45, 7) is 4.30. The number of likely N-dealkylation sites (N-methyl/N-ethyl adjacent to an activating group) is 1. The molecule has 2 aromatic rings. The molecular formula is C17H19BrClN. The Labute approximate surface area is 134 Å². The maximum absolute atomic E-state index is 6.06. The van der Waals surface area contributed by atoms with Gasteiger partial charge in [0.1, 0.15) is 0 Å². The third kappa shape index (κ3) is 3.63. The van der Waals surface area contributed by atoms with E-state index in [9.17, 15) is 0 Å². The second kappa shape index (κ2) is 6.75. The SMILES string of the molecule is CNC(Cc1ccc(C)c(C)c1)c1ccc(Cl)c(Br)c1. The third-order valence-corrected chi connectivity index (χ3v) is 4.92. The molecule has 2 rings (SSSR count). The molecule has 0 bridgehead atoms. The number of rotatable bonds is 4. The molecule has 0 saturated heterocycles. The zero-order chi connectivity index (χ0) is 14.7. The molecule has 1 nitrogen and oxygen atoms in total. The summed E-state index contributed by atoms with van der Waals surface area (Å²) in [5.74, 6) is 0. The fourth-order valence-corrected chi connectivity index (χ4v) is 2.80. The highest BCUT2D eigenvalue weighted by atomic mass is 79.9. The van der Waals surface area contributed by atoms with Gasteiger partial charge in [0.2, 0.25) is 0 Å². The van der Waals surface area contributed by atoms with Crippen LogP contribution in [-0.2, 0) is 6.42 Å². The Morgan fingerprint density at radius 3 is 2.45 bits per heavy atom. The van der Waals surface area contributed by atoms with Crippen molar-refractivity contribution in [2.45, 2.75) is 26.3 Å². The Morgan fingerprint density at radius 1 is 1.10 bits per heavy atom. The number of hydrogen-bond acceptors (Lipinski definition) is 1. The van der Waals surface area contributed by atoms with Crippen molar-refractivity contribution in [1.29, 1.82) is 0 Å². The molecule has 0 amide bonds. The normalized spacial score (nSPS) is 12.4. The van der Waals surface area contributed by atoms with Crippen molar-refractivity contribution in [2.24, 2.45) is 0 Å². The molecule has 0 aliphatic carbocycles. The Morgan fingerprint density at radius 2 is 1.85 bits per heavy atom. The predicted octanol–water partition coefficient (Wildman–Crippen LogP) is 5.22. The van der Waals surface area contributed by atoms with Gasteiger partial charge >= 0.3 is 0 Å². The summed E-state index contributed by atoms with van der Waals surface area (Å²) in [6, 6.07) is 13.0. The third-order valence-electron chi connectivity index (χ3n) is 3.71. The number of halogens is 2. The summed E-state index contributed by atoms with van der Waals surface area (Å²) in [7, 11) is 1.99. The van der Waals surface area contributed by atoms with Crippen molar-refractivity contribution in [3.8, 4) is 0 Å². The van der Waals surface area contributed by atoms with Gasteiger partial charge < -0.3 is 5.32 Å². The smallest absolute Gasteiger partial charge is 0.0548 e. The highest BCUT2D eigenvalue weighted by Gasteiger charge is 2.12. The van der Waals surface area contributed by atoms with Crippen molar-refractivity contribution in [3.05, 3.63) is 68.1 Å². The Hall–Kier alpha value is -0.830. The van der Waals surface area contributed by atoms with Gasteiger partial charge in [-0.15, -0.1) is 0 Å². The van der Waals surface area contributed by atoms with Gasteiger partial charge in [-0.3, -0.25) is 0 Å². The van der Waals surface area contributed by atoms with E-state index in [4.69, 9.17) is 11.6 Å². The first-order valence-electron chi connectivity index (χ1n) is 6.69. The van der Waals surface area contributed by atoms with Crippen molar-refractivity contribution < 1.29 is 0 Å². The van der Waals surface area contributed by atoms with Gasteiger partial charge in [-0.25, -0.2) is 0 Å². The minimum absolute atomic E-state index is 0.283. The van der Waals surface area contributed by atoms with Crippen molar-refractivity contribution in [3.63, 3.8) is 0 Å². The summed E-state index contributed by atoms with van der Waals surface area (Å²) in [5, 5.41) is 4.13. The average molecular weight is 353 g/mol. The predicted molar refractivity (Wildman–Crippen MR) is 90.6 cm³/mol. The molecule has 1 atom stereocenters. The molecule has 0 heterocycles.